The predicted octanol–water partition coefficient (Wildman–Crippen LogP) is 4.28. The lowest BCUT2D eigenvalue weighted by Gasteiger charge is -2.16. The van der Waals surface area contributed by atoms with Crippen LogP contribution in [0.3, 0.4) is 0 Å². The number of imidazole rings is 1. The van der Waals surface area contributed by atoms with Gasteiger partial charge in [0.25, 0.3) is 5.91 Å². The fourth-order valence-corrected chi connectivity index (χ4v) is 3.88. The van der Waals surface area contributed by atoms with Crippen molar-refractivity contribution in [2.75, 3.05) is 12.0 Å². The second-order valence-electron chi connectivity index (χ2n) is 6.62. The summed E-state index contributed by atoms with van der Waals surface area (Å²) in [6.45, 7) is 0. The predicted molar refractivity (Wildman–Crippen MR) is 112 cm³/mol. The summed E-state index contributed by atoms with van der Waals surface area (Å²) in [4.78, 5) is 21.1. The minimum Gasteiger partial charge on any atom is -0.350 e. The minimum atomic E-state index is -0.156. The van der Waals surface area contributed by atoms with Gasteiger partial charge < -0.3 is 14.9 Å². The molecule has 138 valence electrons. The molecule has 0 saturated carbocycles. The molecule has 0 saturated heterocycles. The van der Waals surface area contributed by atoms with E-state index in [0.717, 1.165) is 39.9 Å². The van der Waals surface area contributed by atoms with Crippen molar-refractivity contribution in [3.63, 3.8) is 0 Å². The number of aromatic nitrogens is 3. The highest BCUT2D eigenvalue weighted by Crippen LogP contribution is 2.23. The first-order valence-electron chi connectivity index (χ1n) is 8.96. The summed E-state index contributed by atoms with van der Waals surface area (Å²) in [5, 5.41) is 4.16. The SMILES string of the molecule is CSCCC(NC(=O)c1cn(C)c2ccccc12)c1nc2ccccc2[nH]1. The third kappa shape index (κ3) is 3.45. The lowest BCUT2D eigenvalue weighted by molar-refractivity contribution is 0.0935. The van der Waals surface area contributed by atoms with Crippen LogP contribution in [0.4, 0.5) is 0 Å². The molecule has 0 aliphatic carbocycles. The highest BCUT2D eigenvalue weighted by molar-refractivity contribution is 7.98. The van der Waals surface area contributed by atoms with Crippen molar-refractivity contribution >= 4 is 39.6 Å². The number of nitrogens with one attached hydrogen (secondary N) is 2. The molecule has 0 aliphatic heterocycles. The molecular weight excluding hydrogens is 356 g/mol. The van der Waals surface area contributed by atoms with Gasteiger partial charge in [0.15, 0.2) is 0 Å². The fourth-order valence-electron chi connectivity index (χ4n) is 3.41. The van der Waals surface area contributed by atoms with E-state index in [1.54, 1.807) is 11.8 Å². The molecule has 4 rings (SSSR count). The van der Waals surface area contributed by atoms with E-state index >= 15 is 0 Å². The van der Waals surface area contributed by atoms with Crippen molar-refractivity contribution in [2.24, 2.45) is 7.05 Å². The highest BCUT2D eigenvalue weighted by atomic mass is 32.2. The van der Waals surface area contributed by atoms with E-state index in [2.05, 4.69) is 16.6 Å². The van der Waals surface area contributed by atoms with Gasteiger partial charge in [-0.15, -0.1) is 0 Å². The van der Waals surface area contributed by atoms with Crippen LogP contribution in [0.5, 0.6) is 0 Å². The van der Waals surface area contributed by atoms with Crippen LogP contribution in [0.2, 0.25) is 0 Å². The molecule has 0 fully saturated rings. The van der Waals surface area contributed by atoms with E-state index in [1.165, 1.54) is 0 Å². The van der Waals surface area contributed by atoms with Crippen LogP contribution < -0.4 is 5.32 Å². The summed E-state index contributed by atoms with van der Waals surface area (Å²) < 4.78 is 1.99. The monoisotopic (exact) mass is 378 g/mol. The Bertz CT molecular complexity index is 1060. The number of aryl methyl sites for hydroxylation is 1. The zero-order valence-electron chi connectivity index (χ0n) is 15.4. The van der Waals surface area contributed by atoms with Gasteiger partial charge in [-0.3, -0.25) is 4.79 Å². The third-order valence-electron chi connectivity index (χ3n) is 4.80. The molecule has 6 heteroatoms. The number of fused-ring (bicyclic) bond motifs is 2. The molecule has 27 heavy (non-hydrogen) atoms. The number of thioether (sulfide) groups is 1. The van der Waals surface area contributed by atoms with E-state index in [4.69, 9.17) is 4.98 Å². The number of hydrogen-bond donors (Lipinski definition) is 2. The Hall–Kier alpha value is -2.73. The third-order valence-corrected chi connectivity index (χ3v) is 5.44. The van der Waals surface area contributed by atoms with E-state index in [0.29, 0.717) is 5.56 Å². The molecule has 1 unspecified atom stereocenters. The average molecular weight is 379 g/mol. The molecule has 1 atom stereocenters. The Morgan fingerprint density at radius 2 is 2.00 bits per heavy atom. The second kappa shape index (κ2) is 7.48. The van der Waals surface area contributed by atoms with E-state index < -0.39 is 0 Å². The van der Waals surface area contributed by atoms with Gasteiger partial charge in [0, 0.05) is 24.1 Å². The first-order valence-corrected chi connectivity index (χ1v) is 10.4. The van der Waals surface area contributed by atoms with Gasteiger partial charge in [-0.25, -0.2) is 4.98 Å². The number of rotatable bonds is 6. The molecule has 2 aromatic carbocycles. The zero-order chi connectivity index (χ0) is 18.8. The van der Waals surface area contributed by atoms with Crippen LogP contribution in [0, 0.1) is 0 Å². The summed E-state index contributed by atoms with van der Waals surface area (Å²) in [5.41, 5.74) is 3.65. The molecule has 5 nitrogen and oxygen atoms in total. The summed E-state index contributed by atoms with van der Waals surface area (Å²) in [5.74, 6) is 1.68. The molecule has 0 radical (unpaired) electrons. The van der Waals surface area contributed by atoms with Crippen LogP contribution >= 0.6 is 11.8 Å². The maximum absolute atomic E-state index is 13.1. The maximum Gasteiger partial charge on any atom is 0.254 e. The van der Waals surface area contributed by atoms with Gasteiger partial charge in [-0.05, 0) is 36.6 Å². The highest BCUT2D eigenvalue weighted by Gasteiger charge is 2.21. The Morgan fingerprint density at radius 1 is 1.22 bits per heavy atom. The van der Waals surface area contributed by atoms with E-state index in [1.807, 2.05) is 66.3 Å². The van der Waals surface area contributed by atoms with Gasteiger partial charge >= 0.3 is 0 Å². The normalized spacial score (nSPS) is 12.5. The number of aromatic amines is 1. The maximum atomic E-state index is 13.1. The quantitative estimate of drug-likeness (QED) is 0.526. The summed E-state index contributed by atoms with van der Waals surface area (Å²) in [6, 6.07) is 15.7. The molecular formula is C21H22N4OS. The summed E-state index contributed by atoms with van der Waals surface area (Å²) >= 11 is 1.76. The number of H-pyrrole nitrogens is 1. The molecule has 0 bridgehead atoms. The van der Waals surface area contributed by atoms with Crippen molar-refractivity contribution in [2.45, 2.75) is 12.5 Å². The Kier molecular flexibility index (Phi) is 4.90. The number of benzene rings is 2. The van der Waals surface area contributed by atoms with Gasteiger partial charge in [-0.2, -0.15) is 11.8 Å². The zero-order valence-corrected chi connectivity index (χ0v) is 16.2. The number of hydrogen-bond acceptors (Lipinski definition) is 3. The van der Waals surface area contributed by atoms with E-state index in [-0.39, 0.29) is 11.9 Å². The summed E-state index contributed by atoms with van der Waals surface area (Å²) in [7, 11) is 1.96. The first kappa shape index (κ1) is 17.7. The Morgan fingerprint density at radius 3 is 2.81 bits per heavy atom. The molecule has 0 spiro atoms. The molecule has 2 aromatic heterocycles. The van der Waals surface area contributed by atoms with Gasteiger partial charge in [-0.1, -0.05) is 30.3 Å². The second-order valence-corrected chi connectivity index (χ2v) is 7.60. The van der Waals surface area contributed by atoms with Crippen molar-refractivity contribution < 1.29 is 4.79 Å². The molecule has 2 N–H and O–H groups in total. The van der Waals surface area contributed by atoms with Crippen LogP contribution in [-0.2, 0) is 7.05 Å². The molecule has 0 aliphatic rings. The number of para-hydroxylation sites is 3. The van der Waals surface area contributed by atoms with Crippen molar-refractivity contribution in [1.29, 1.82) is 0 Å². The number of nitrogens with zero attached hydrogens (tertiary/aromatic N) is 2. The van der Waals surface area contributed by atoms with Crippen LogP contribution in [-0.4, -0.2) is 32.5 Å². The molecule has 2 heterocycles. The van der Waals surface area contributed by atoms with Gasteiger partial charge in [0.05, 0.1) is 22.6 Å². The van der Waals surface area contributed by atoms with Crippen LogP contribution in [0.25, 0.3) is 21.9 Å². The molecule has 4 aromatic rings. The van der Waals surface area contributed by atoms with Crippen molar-refractivity contribution in [1.82, 2.24) is 19.9 Å². The fraction of sp³-hybridized carbons (Fsp3) is 0.238. The minimum absolute atomic E-state index is 0.0710. The number of carbonyl (C=O) groups excluding carboxylic acids is 1. The van der Waals surface area contributed by atoms with Crippen LogP contribution in [0.1, 0.15) is 28.6 Å². The van der Waals surface area contributed by atoms with Gasteiger partial charge in [0.2, 0.25) is 0 Å². The standard InChI is InChI=1S/C21H22N4OS/c1-25-13-15(14-7-3-6-10-19(14)25)21(26)24-18(11-12-27-2)20-22-16-8-4-5-9-17(16)23-20/h3-10,13,18H,11-12H2,1-2H3,(H,22,23)(H,24,26). The lowest BCUT2D eigenvalue weighted by atomic mass is 10.1. The smallest absolute Gasteiger partial charge is 0.254 e. The number of amides is 1. The Labute approximate surface area is 162 Å². The largest absolute Gasteiger partial charge is 0.350 e. The lowest BCUT2D eigenvalue weighted by Crippen LogP contribution is -2.29. The van der Waals surface area contributed by atoms with Crippen molar-refractivity contribution in [3.8, 4) is 0 Å². The van der Waals surface area contributed by atoms with Crippen LogP contribution in [0.15, 0.2) is 54.7 Å². The summed E-state index contributed by atoms with van der Waals surface area (Å²) in [6.07, 6.45) is 4.78. The topological polar surface area (TPSA) is 62.7 Å². The first-order chi connectivity index (χ1) is 13.2. The Balaban J connectivity index is 1.65. The number of carbonyl (C=O) groups is 1. The molecule has 1 amide bonds. The van der Waals surface area contributed by atoms with Crippen molar-refractivity contribution in [3.05, 3.63) is 66.1 Å². The van der Waals surface area contributed by atoms with E-state index in [9.17, 15) is 4.79 Å². The average Bonchev–Trinajstić information content (AvgIpc) is 3.27. The van der Waals surface area contributed by atoms with Gasteiger partial charge in [0.1, 0.15) is 5.82 Å².